The molecule has 4 heteroatoms. The van der Waals surface area contributed by atoms with Crippen molar-refractivity contribution in [2.45, 2.75) is 6.92 Å². The summed E-state index contributed by atoms with van der Waals surface area (Å²) in [6.45, 7) is 2.10. The summed E-state index contributed by atoms with van der Waals surface area (Å²) < 4.78 is 3.01. The summed E-state index contributed by atoms with van der Waals surface area (Å²) in [6.07, 6.45) is 4.19. The third-order valence-corrected chi connectivity index (χ3v) is 3.61. The standard InChI is InChI=1S/C9H16BBrN2/c1-9-5-7-12(8-6-9)10(11)13(2,3)4/h5-8H,1-4H3/q+2. The van der Waals surface area contributed by atoms with Crippen molar-refractivity contribution in [3.63, 3.8) is 0 Å². The first-order valence-electron chi connectivity index (χ1n) is 4.34. The van der Waals surface area contributed by atoms with Gasteiger partial charge in [-0.15, -0.1) is 0 Å². The van der Waals surface area contributed by atoms with Crippen molar-refractivity contribution in [3.8, 4) is 0 Å². The fraction of sp³-hybridized carbons (Fsp3) is 0.444. The van der Waals surface area contributed by atoms with E-state index in [4.69, 9.17) is 0 Å². The van der Waals surface area contributed by atoms with Gasteiger partial charge >= 0.3 is 5.81 Å². The average Bonchev–Trinajstić information content (AvgIpc) is 2.03. The van der Waals surface area contributed by atoms with E-state index in [0.29, 0.717) is 0 Å². The lowest BCUT2D eigenvalue weighted by atomic mass is 10.0. The molecule has 0 saturated heterocycles. The van der Waals surface area contributed by atoms with Crippen LogP contribution in [0.3, 0.4) is 0 Å². The number of hydrogen-bond donors (Lipinski definition) is 0. The van der Waals surface area contributed by atoms with Crippen LogP contribution in [0, 0.1) is 6.92 Å². The maximum Gasteiger partial charge on any atom is 0.833 e. The summed E-state index contributed by atoms with van der Waals surface area (Å²) in [4.78, 5) is 0. The molecule has 0 aromatic carbocycles. The zero-order valence-corrected chi connectivity index (χ0v) is 10.2. The third-order valence-electron chi connectivity index (χ3n) is 1.90. The number of nitrogens with zero attached hydrogens (tertiary/aromatic N) is 2. The van der Waals surface area contributed by atoms with Gasteiger partial charge < -0.3 is 4.39 Å². The van der Waals surface area contributed by atoms with Crippen molar-refractivity contribution < 1.29 is 8.87 Å². The molecule has 0 fully saturated rings. The summed E-state index contributed by atoms with van der Waals surface area (Å²) in [6, 6.07) is 4.23. The molecule has 1 heterocycles. The lowest BCUT2D eigenvalue weighted by Gasteiger charge is -2.20. The number of aryl methyl sites for hydroxylation is 1. The van der Waals surface area contributed by atoms with Crippen LogP contribution >= 0.6 is 15.8 Å². The predicted octanol–water partition coefficient (Wildman–Crippen LogP) is 1.22. The molecule has 0 unspecified atom stereocenters. The van der Waals surface area contributed by atoms with Gasteiger partial charge in [-0.2, -0.15) is 0 Å². The van der Waals surface area contributed by atoms with Gasteiger partial charge in [0.2, 0.25) is 0 Å². The highest BCUT2D eigenvalue weighted by molar-refractivity contribution is 9.23. The molecule has 1 aromatic heterocycles. The number of hydrogen-bond acceptors (Lipinski definition) is 0. The Labute approximate surface area is 88.9 Å². The Morgan fingerprint density at radius 1 is 1.23 bits per heavy atom. The Kier molecular flexibility index (Phi) is 3.14. The molecule has 1 rings (SSSR count). The first kappa shape index (κ1) is 10.7. The normalized spacial score (nSPS) is 11.5. The predicted molar refractivity (Wildman–Crippen MR) is 59.5 cm³/mol. The fourth-order valence-electron chi connectivity index (χ4n) is 1.05. The van der Waals surface area contributed by atoms with E-state index in [1.54, 1.807) is 0 Å². The van der Waals surface area contributed by atoms with Gasteiger partial charge in [0.1, 0.15) is 12.4 Å². The van der Waals surface area contributed by atoms with E-state index in [9.17, 15) is 0 Å². The number of aromatic nitrogens is 1. The summed E-state index contributed by atoms with van der Waals surface area (Å²) >= 11 is 3.67. The van der Waals surface area contributed by atoms with Crippen LogP contribution in [0.5, 0.6) is 0 Å². The molecule has 0 N–H and O–H groups in total. The van der Waals surface area contributed by atoms with E-state index in [0.717, 1.165) is 4.39 Å². The fourth-order valence-corrected chi connectivity index (χ4v) is 1.33. The van der Waals surface area contributed by atoms with Crippen LogP contribution in [0.1, 0.15) is 5.56 Å². The average molecular weight is 243 g/mol. The van der Waals surface area contributed by atoms with Crippen molar-refractivity contribution in [3.05, 3.63) is 30.1 Å². The van der Waals surface area contributed by atoms with Gasteiger partial charge in [-0.25, -0.2) is 4.48 Å². The summed E-state index contributed by atoms with van der Waals surface area (Å²) in [5.74, 6) is 0.285. The Balaban J connectivity index is 2.90. The molecule has 2 nitrogen and oxygen atoms in total. The van der Waals surface area contributed by atoms with Crippen LogP contribution in [0.4, 0.5) is 0 Å². The number of quaternary nitrogens is 1. The van der Waals surface area contributed by atoms with E-state index in [1.165, 1.54) is 5.56 Å². The number of rotatable bonds is 2. The Hall–Kier alpha value is -0.345. The van der Waals surface area contributed by atoms with Crippen LogP contribution < -0.4 is 4.48 Å². The van der Waals surface area contributed by atoms with Crippen molar-refractivity contribution in [1.82, 2.24) is 0 Å². The molecule has 0 aliphatic heterocycles. The first-order chi connectivity index (χ1) is 5.91. The molecule has 0 radical (unpaired) electrons. The molecule has 0 aliphatic carbocycles. The smallest absolute Gasteiger partial charge is 0.321 e. The molecule has 70 valence electrons. The minimum absolute atomic E-state index is 0.285. The molecule has 13 heavy (non-hydrogen) atoms. The van der Waals surface area contributed by atoms with Crippen molar-refractivity contribution in [2.75, 3.05) is 21.1 Å². The molecule has 0 bridgehead atoms. The molecule has 0 spiro atoms. The third kappa shape index (κ3) is 2.81. The van der Waals surface area contributed by atoms with Crippen LogP contribution in [0.25, 0.3) is 0 Å². The maximum absolute atomic E-state index is 3.67. The van der Waals surface area contributed by atoms with Gasteiger partial charge in [-0.1, -0.05) is 0 Å². The largest absolute Gasteiger partial charge is 0.833 e. The molecule has 1 aromatic rings. The monoisotopic (exact) mass is 242 g/mol. The zero-order valence-electron chi connectivity index (χ0n) is 8.66. The topological polar surface area (TPSA) is 3.88 Å². The minimum Gasteiger partial charge on any atom is -0.321 e. The second-order valence-corrected chi connectivity index (χ2v) is 5.07. The van der Waals surface area contributed by atoms with Crippen LogP contribution in [-0.2, 0) is 0 Å². The maximum atomic E-state index is 3.67. The van der Waals surface area contributed by atoms with Gasteiger partial charge in [-0.3, -0.25) is 0 Å². The van der Waals surface area contributed by atoms with Gasteiger partial charge in [0.25, 0.3) is 0 Å². The van der Waals surface area contributed by atoms with Gasteiger partial charge in [0, 0.05) is 27.9 Å². The van der Waals surface area contributed by atoms with Crippen LogP contribution in [0.2, 0.25) is 0 Å². The van der Waals surface area contributed by atoms with Crippen LogP contribution in [0.15, 0.2) is 24.5 Å². The molecule has 0 amide bonds. The van der Waals surface area contributed by atoms with E-state index in [2.05, 4.69) is 72.8 Å². The molecular weight excluding hydrogens is 227 g/mol. The van der Waals surface area contributed by atoms with Gasteiger partial charge in [0.15, 0.2) is 0 Å². The molecule has 0 aliphatic rings. The molecular formula is C9H16BBrN2+2. The van der Waals surface area contributed by atoms with Crippen LogP contribution in [-0.4, -0.2) is 31.3 Å². The Bertz CT molecular complexity index is 279. The van der Waals surface area contributed by atoms with E-state index in [1.807, 2.05) is 0 Å². The Morgan fingerprint density at radius 3 is 2.08 bits per heavy atom. The second-order valence-electron chi connectivity index (χ2n) is 4.25. The second kappa shape index (κ2) is 3.80. The van der Waals surface area contributed by atoms with Crippen molar-refractivity contribution in [2.24, 2.45) is 0 Å². The SMILES string of the molecule is Cc1cc[n+](B(Br)[N+](C)(C)C)cc1. The van der Waals surface area contributed by atoms with E-state index < -0.39 is 0 Å². The van der Waals surface area contributed by atoms with Gasteiger partial charge in [0.05, 0.1) is 21.1 Å². The van der Waals surface area contributed by atoms with E-state index >= 15 is 0 Å². The highest BCUT2D eigenvalue weighted by atomic mass is 79.9. The van der Waals surface area contributed by atoms with Gasteiger partial charge in [-0.05, 0) is 12.5 Å². The quantitative estimate of drug-likeness (QED) is 0.687. The first-order valence-corrected chi connectivity index (χ1v) is 5.25. The van der Waals surface area contributed by atoms with E-state index in [-0.39, 0.29) is 5.81 Å². The zero-order chi connectivity index (χ0) is 10.1. The summed E-state index contributed by atoms with van der Waals surface area (Å²) in [7, 11) is 6.48. The summed E-state index contributed by atoms with van der Waals surface area (Å²) in [5, 5.41) is 0. The highest BCUT2D eigenvalue weighted by Gasteiger charge is 2.44. The number of halogens is 1. The Morgan fingerprint density at radius 2 is 1.69 bits per heavy atom. The summed E-state index contributed by atoms with van der Waals surface area (Å²) in [5.41, 5.74) is 1.29. The lowest BCUT2D eigenvalue weighted by Crippen LogP contribution is -2.63. The highest BCUT2D eigenvalue weighted by Crippen LogP contribution is 2.02. The lowest BCUT2D eigenvalue weighted by molar-refractivity contribution is -0.810. The molecule has 0 saturated carbocycles. The molecule has 0 atom stereocenters. The minimum atomic E-state index is 0.285. The van der Waals surface area contributed by atoms with Crippen molar-refractivity contribution >= 4 is 21.6 Å². The van der Waals surface area contributed by atoms with Crippen molar-refractivity contribution in [1.29, 1.82) is 0 Å². The number of pyridine rings is 1.